The number of alkyl halides is 3. The number of nitrogens with zero attached hydrogens (tertiary/aromatic N) is 3. The van der Waals surface area contributed by atoms with Crippen LogP contribution in [0.25, 0.3) is 0 Å². The molecule has 11 heteroatoms. The van der Waals surface area contributed by atoms with Gasteiger partial charge in [0.15, 0.2) is 5.82 Å². The van der Waals surface area contributed by atoms with E-state index in [-0.39, 0.29) is 18.2 Å². The van der Waals surface area contributed by atoms with E-state index in [9.17, 15) is 22.8 Å². The third-order valence-electron chi connectivity index (χ3n) is 4.55. The number of nitrogens with one attached hydrogen (secondary N) is 1. The summed E-state index contributed by atoms with van der Waals surface area (Å²) in [7, 11) is 0. The summed E-state index contributed by atoms with van der Waals surface area (Å²) in [5, 5.41) is 11.8. The number of aliphatic hydroxyl groups is 1. The number of aromatic nitrogens is 2. The largest absolute Gasteiger partial charge is 0.395 e. The van der Waals surface area contributed by atoms with Crippen molar-refractivity contribution in [2.45, 2.75) is 39.6 Å². The Morgan fingerprint density at radius 2 is 1.96 bits per heavy atom. The molecular formula is C16H22F3N5O3. The molecule has 1 aliphatic rings. The first-order valence-corrected chi connectivity index (χ1v) is 8.24. The zero-order valence-electron chi connectivity index (χ0n) is 15.2. The Balaban J connectivity index is 2.28. The molecule has 0 aromatic carbocycles. The molecule has 0 spiro atoms. The average molecular weight is 389 g/mol. The molecule has 1 saturated heterocycles. The molecule has 1 aromatic heterocycles. The number of likely N-dealkylation sites (tertiary alicyclic amines) is 1. The summed E-state index contributed by atoms with van der Waals surface area (Å²) in [6, 6.07) is 0.281. The number of aliphatic hydroxyl groups excluding tert-OH is 1. The highest BCUT2D eigenvalue weighted by Crippen LogP contribution is 2.36. The van der Waals surface area contributed by atoms with Crippen LogP contribution in [0.5, 0.6) is 0 Å². The predicted molar refractivity (Wildman–Crippen MR) is 89.2 cm³/mol. The first kappa shape index (κ1) is 20.9. The lowest BCUT2D eigenvalue weighted by molar-refractivity contribution is -0.173. The Morgan fingerprint density at radius 3 is 2.48 bits per heavy atom. The number of aryl methyl sites for hydroxylation is 1. The minimum absolute atomic E-state index is 0.0712. The first-order valence-electron chi connectivity index (χ1n) is 8.24. The molecule has 8 nitrogen and oxygen atoms in total. The number of halogens is 3. The fraction of sp³-hybridized carbons (Fsp3) is 0.625. The summed E-state index contributed by atoms with van der Waals surface area (Å²) in [5.74, 6) is -3.33. The Labute approximate surface area is 154 Å². The molecule has 4 N–H and O–H groups in total. The van der Waals surface area contributed by atoms with Gasteiger partial charge < -0.3 is 21.1 Å². The minimum Gasteiger partial charge on any atom is -0.388 e. The van der Waals surface area contributed by atoms with Gasteiger partial charge in [-0.2, -0.15) is 13.2 Å². The number of carbonyl (C=O) groups excluding carboxylic acids is 2. The fourth-order valence-electron chi connectivity index (χ4n) is 2.91. The highest BCUT2D eigenvalue weighted by molar-refractivity contribution is 6.03. The summed E-state index contributed by atoms with van der Waals surface area (Å²) >= 11 is 0. The lowest BCUT2D eigenvalue weighted by Crippen LogP contribution is -2.47. The third-order valence-corrected chi connectivity index (χ3v) is 4.55. The SMILES string of the molecule is Cc1cc(N[C@@H]2CN(C(=O)C(C)(C)C(N)=O)C[C@H]2C(F)(F)F)nc(CO)n1. The van der Waals surface area contributed by atoms with Crippen molar-refractivity contribution in [3.05, 3.63) is 17.6 Å². The summed E-state index contributed by atoms with van der Waals surface area (Å²) < 4.78 is 40.5. The Morgan fingerprint density at radius 1 is 1.33 bits per heavy atom. The van der Waals surface area contributed by atoms with Crippen LogP contribution >= 0.6 is 0 Å². The van der Waals surface area contributed by atoms with E-state index in [1.54, 1.807) is 6.92 Å². The second kappa shape index (κ2) is 7.29. The second-order valence-electron chi connectivity index (χ2n) is 7.07. The second-order valence-corrected chi connectivity index (χ2v) is 7.07. The molecule has 0 aliphatic carbocycles. The smallest absolute Gasteiger partial charge is 0.388 e. The van der Waals surface area contributed by atoms with Crippen molar-refractivity contribution < 1.29 is 27.9 Å². The molecule has 0 radical (unpaired) electrons. The molecule has 0 saturated carbocycles. The van der Waals surface area contributed by atoms with Crippen molar-refractivity contribution in [2.24, 2.45) is 17.1 Å². The number of hydrogen-bond acceptors (Lipinski definition) is 6. The third kappa shape index (κ3) is 4.46. The van der Waals surface area contributed by atoms with Crippen molar-refractivity contribution in [3.8, 4) is 0 Å². The van der Waals surface area contributed by atoms with Crippen LogP contribution in [0.3, 0.4) is 0 Å². The number of rotatable bonds is 5. The molecule has 1 aromatic rings. The van der Waals surface area contributed by atoms with Gasteiger partial charge >= 0.3 is 6.18 Å². The number of nitrogens with two attached hydrogens (primary N) is 1. The van der Waals surface area contributed by atoms with E-state index in [1.807, 2.05) is 0 Å². The monoisotopic (exact) mass is 389 g/mol. The van der Waals surface area contributed by atoms with Gasteiger partial charge in [-0.1, -0.05) is 0 Å². The number of hydrogen-bond donors (Lipinski definition) is 3. The normalized spacial score (nSPS) is 20.6. The maximum absolute atomic E-state index is 13.5. The average Bonchev–Trinajstić information content (AvgIpc) is 2.97. The van der Waals surface area contributed by atoms with Gasteiger partial charge in [0, 0.05) is 24.8 Å². The fourth-order valence-corrected chi connectivity index (χ4v) is 2.91. The maximum atomic E-state index is 13.5. The lowest BCUT2D eigenvalue weighted by Gasteiger charge is -2.26. The highest BCUT2D eigenvalue weighted by atomic mass is 19.4. The van der Waals surface area contributed by atoms with Crippen LogP contribution in [0.15, 0.2) is 6.07 Å². The first-order chi connectivity index (χ1) is 12.4. The number of primary amides is 1. The zero-order chi connectivity index (χ0) is 20.6. The van der Waals surface area contributed by atoms with Gasteiger partial charge in [-0.3, -0.25) is 9.59 Å². The molecular weight excluding hydrogens is 367 g/mol. The summed E-state index contributed by atoms with van der Waals surface area (Å²) in [5.41, 5.74) is 4.06. The minimum atomic E-state index is -4.56. The van der Waals surface area contributed by atoms with Gasteiger partial charge in [0.1, 0.15) is 17.8 Å². The molecule has 2 atom stereocenters. The van der Waals surface area contributed by atoms with Crippen molar-refractivity contribution >= 4 is 17.6 Å². The van der Waals surface area contributed by atoms with Crippen LogP contribution in [0.2, 0.25) is 0 Å². The van der Waals surface area contributed by atoms with Gasteiger partial charge in [0.25, 0.3) is 0 Å². The highest BCUT2D eigenvalue weighted by Gasteiger charge is 2.53. The van der Waals surface area contributed by atoms with Gasteiger partial charge in [-0.15, -0.1) is 0 Å². The lowest BCUT2D eigenvalue weighted by atomic mass is 9.91. The van der Waals surface area contributed by atoms with E-state index in [0.717, 1.165) is 4.90 Å². The summed E-state index contributed by atoms with van der Waals surface area (Å²) in [6.07, 6.45) is -4.56. The molecule has 2 heterocycles. The molecule has 0 bridgehead atoms. The van der Waals surface area contributed by atoms with E-state index in [1.165, 1.54) is 19.9 Å². The standard InChI is InChI=1S/C16H22F3N5O3/c1-8-4-11(23-12(7-25)21-8)22-10-6-24(5-9(10)16(17,18)19)14(27)15(2,3)13(20)26/h4,9-10,25H,5-7H2,1-3H3,(H2,20,26)(H,21,22,23)/t9-,10-/m1/s1. The molecule has 27 heavy (non-hydrogen) atoms. The van der Waals surface area contributed by atoms with Crippen LogP contribution in [-0.2, 0) is 16.2 Å². The van der Waals surface area contributed by atoms with Crippen LogP contribution in [0.1, 0.15) is 25.4 Å². The van der Waals surface area contributed by atoms with E-state index in [2.05, 4.69) is 15.3 Å². The zero-order valence-corrected chi connectivity index (χ0v) is 15.2. The maximum Gasteiger partial charge on any atom is 0.395 e. The van der Waals surface area contributed by atoms with Crippen molar-refractivity contribution in [1.29, 1.82) is 0 Å². The number of carbonyl (C=O) groups is 2. The van der Waals surface area contributed by atoms with Gasteiger partial charge in [-0.05, 0) is 20.8 Å². The van der Waals surface area contributed by atoms with Crippen LogP contribution in [0.4, 0.5) is 19.0 Å². The quantitative estimate of drug-likeness (QED) is 0.634. The van der Waals surface area contributed by atoms with E-state index >= 15 is 0 Å². The summed E-state index contributed by atoms with van der Waals surface area (Å²) in [4.78, 5) is 32.9. The number of amides is 2. The van der Waals surface area contributed by atoms with Gasteiger partial charge in [-0.25, -0.2) is 9.97 Å². The molecule has 2 amide bonds. The van der Waals surface area contributed by atoms with Crippen LogP contribution in [0, 0.1) is 18.3 Å². The Kier molecular flexibility index (Phi) is 5.64. The van der Waals surface area contributed by atoms with Crippen molar-refractivity contribution in [3.63, 3.8) is 0 Å². The summed E-state index contributed by atoms with van der Waals surface area (Å²) in [6.45, 7) is 2.86. The van der Waals surface area contributed by atoms with Crippen molar-refractivity contribution in [2.75, 3.05) is 18.4 Å². The Hall–Kier alpha value is -2.43. The molecule has 1 aliphatic heterocycles. The van der Waals surface area contributed by atoms with Crippen LogP contribution < -0.4 is 11.1 Å². The molecule has 150 valence electrons. The van der Waals surface area contributed by atoms with Gasteiger partial charge in [0.2, 0.25) is 11.8 Å². The van der Waals surface area contributed by atoms with E-state index in [0.29, 0.717) is 5.69 Å². The topological polar surface area (TPSA) is 121 Å². The van der Waals surface area contributed by atoms with E-state index < -0.39 is 48.5 Å². The van der Waals surface area contributed by atoms with E-state index in [4.69, 9.17) is 10.8 Å². The van der Waals surface area contributed by atoms with Crippen LogP contribution in [-0.4, -0.2) is 57.1 Å². The molecule has 2 rings (SSSR count). The Bertz CT molecular complexity index is 739. The van der Waals surface area contributed by atoms with Gasteiger partial charge in [0.05, 0.1) is 12.0 Å². The predicted octanol–water partition coefficient (Wildman–Crippen LogP) is 0.590. The molecule has 0 unspecified atom stereocenters. The molecule has 1 fully saturated rings. The number of anilines is 1. The van der Waals surface area contributed by atoms with Crippen molar-refractivity contribution in [1.82, 2.24) is 14.9 Å².